The van der Waals surface area contributed by atoms with Gasteiger partial charge in [0.1, 0.15) is 33.2 Å². The number of rotatable bonds is 43. The zero-order valence-electron chi connectivity index (χ0n) is 38.8. The molecule has 1 rings (SSSR count). The Morgan fingerprint density at radius 1 is 0.590 bits per heavy atom. The molecule has 0 bridgehead atoms. The second-order valence-corrected chi connectivity index (χ2v) is 16.8. The van der Waals surface area contributed by atoms with E-state index < -0.39 is 43.7 Å². The number of ether oxygens (including phenoxy) is 5. The van der Waals surface area contributed by atoms with Crippen LogP contribution in [0.4, 0.5) is 13.6 Å². The van der Waals surface area contributed by atoms with Gasteiger partial charge < -0.3 is 29.0 Å². The van der Waals surface area contributed by atoms with E-state index in [1.807, 2.05) is 0 Å². The molecule has 1 heterocycles. The number of hydrogen-bond donors (Lipinski definition) is 1. The molecule has 0 aliphatic carbocycles. The predicted octanol–water partition coefficient (Wildman–Crippen LogP) is 12.1. The molecule has 1 atom stereocenters. The van der Waals surface area contributed by atoms with Crippen LogP contribution in [-0.4, -0.2) is 101 Å². The highest BCUT2D eigenvalue weighted by Gasteiger charge is 2.34. The highest BCUT2D eigenvalue weighted by atomic mass is 19.1. The molecule has 1 aliphatic heterocycles. The zero-order valence-corrected chi connectivity index (χ0v) is 38.8. The van der Waals surface area contributed by atoms with E-state index in [0.29, 0.717) is 32.7 Å². The van der Waals surface area contributed by atoms with Gasteiger partial charge in [-0.2, -0.15) is 0 Å². The summed E-state index contributed by atoms with van der Waals surface area (Å²) in [7, 11) is 0. The van der Waals surface area contributed by atoms with E-state index in [4.69, 9.17) is 23.7 Å². The molecule has 1 saturated heterocycles. The van der Waals surface area contributed by atoms with E-state index in [0.717, 1.165) is 70.6 Å². The number of alkyl carbamates (subject to hydrolysis) is 1. The summed E-state index contributed by atoms with van der Waals surface area (Å²) in [5.74, 6) is -1.36. The second kappa shape index (κ2) is 41.4. The molecule has 0 radical (unpaired) electrons. The van der Waals surface area contributed by atoms with E-state index >= 15 is 0 Å². The van der Waals surface area contributed by atoms with Crippen LogP contribution in [0.25, 0.3) is 0 Å². The lowest BCUT2D eigenvalue weighted by Crippen LogP contribution is -2.63. The van der Waals surface area contributed by atoms with Crippen LogP contribution >= 0.6 is 0 Å². The maximum absolute atomic E-state index is 13.0. The quantitative estimate of drug-likeness (QED) is 0.0210. The number of carbonyl (C=O) groups is 3. The van der Waals surface area contributed by atoms with Crippen molar-refractivity contribution in [2.24, 2.45) is 5.92 Å². The van der Waals surface area contributed by atoms with Gasteiger partial charge in [0.05, 0.1) is 24.4 Å². The van der Waals surface area contributed by atoms with Crippen LogP contribution in [0.3, 0.4) is 0 Å². The van der Waals surface area contributed by atoms with Gasteiger partial charge in [0.15, 0.2) is 6.29 Å². The van der Waals surface area contributed by atoms with Crippen molar-refractivity contribution in [1.82, 2.24) is 10.2 Å². The van der Waals surface area contributed by atoms with E-state index in [9.17, 15) is 23.2 Å². The lowest BCUT2D eigenvalue weighted by molar-refractivity contribution is -0.161. The molecular formula is C49H88F2N2O8. The highest BCUT2D eigenvalue weighted by molar-refractivity contribution is 5.70. The van der Waals surface area contributed by atoms with Crippen molar-refractivity contribution < 1.29 is 46.8 Å². The first-order valence-corrected chi connectivity index (χ1v) is 24.5. The monoisotopic (exact) mass is 871 g/mol. The number of halogens is 2. The summed E-state index contributed by atoms with van der Waals surface area (Å²) in [5, 5.41) is 2.71. The van der Waals surface area contributed by atoms with Crippen LogP contribution in [0.1, 0.15) is 188 Å². The van der Waals surface area contributed by atoms with Crippen LogP contribution in [0, 0.1) is 5.92 Å². The molecule has 1 amide bonds. The van der Waals surface area contributed by atoms with Gasteiger partial charge in [-0.05, 0) is 51.4 Å². The molecule has 61 heavy (non-hydrogen) atoms. The largest absolute Gasteiger partial charge is 0.465 e. The minimum atomic E-state index is -0.804. The van der Waals surface area contributed by atoms with E-state index in [2.05, 4.69) is 50.4 Å². The van der Waals surface area contributed by atoms with Crippen molar-refractivity contribution in [3.63, 3.8) is 0 Å². The molecule has 0 aromatic carbocycles. The average molecular weight is 871 g/mol. The Morgan fingerprint density at radius 2 is 1.05 bits per heavy atom. The molecular weight excluding hydrogens is 783 g/mol. The van der Waals surface area contributed by atoms with Crippen molar-refractivity contribution in [1.29, 1.82) is 0 Å². The first-order valence-electron chi connectivity index (χ1n) is 24.5. The summed E-state index contributed by atoms with van der Waals surface area (Å²) in [6, 6.07) is -1.09. The molecule has 12 heteroatoms. The summed E-state index contributed by atoms with van der Waals surface area (Å²) < 4.78 is 54.8. The van der Waals surface area contributed by atoms with Gasteiger partial charge in [-0.1, -0.05) is 141 Å². The number of amides is 1. The summed E-state index contributed by atoms with van der Waals surface area (Å²) in [6.07, 6.45) is 34.4. The molecule has 0 saturated carbocycles. The van der Waals surface area contributed by atoms with Crippen LogP contribution in [0.15, 0.2) is 24.3 Å². The van der Waals surface area contributed by atoms with Crippen molar-refractivity contribution in [2.45, 2.75) is 206 Å². The zero-order chi connectivity index (χ0) is 44.4. The third-order valence-electron chi connectivity index (χ3n) is 11.0. The first-order chi connectivity index (χ1) is 29.9. The fraction of sp³-hybridized carbons (Fsp3) is 0.857. The Hall–Kier alpha value is -2.57. The number of hydrogen-bond acceptors (Lipinski definition) is 9. The highest BCUT2D eigenvalue weighted by Crippen LogP contribution is 2.16. The van der Waals surface area contributed by atoms with Gasteiger partial charge in [-0.25, -0.2) is 13.6 Å². The predicted molar refractivity (Wildman–Crippen MR) is 242 cm³/mol. The maximum Gasteiger partial charge on any atom is 0.407 e. The number of unbranched alkanes of at least 4 members (excludes halogenated alkanes) is 18. The molecule has 1 fully saturated rings. The van der Waals surface area contributed by atoms with E-state index in [-0.39, 0.29) is 44.7 Å². The summed E-state index contributed by atoms with van der Waals surface area (Å²) in [6.45, 7) is 6.55. The lowest BCUT2D eigenvalue weighted by Gasteiger charge is -2.42. The lowest BCUT2D eigenvalue weighted by atomic mass is 10.1. The fourth-order valence-electron chi connectivity index (χ4n) is 6.98. The van der Waals surface area contributed by atoms with Gasteiger partial charge in [0, 0.05) is 39.1 Å². The number of carbonyl (C=O) groups excluding carboxylic acids is 3. The third kappa shape index (κ3) is 33.6. The Bertz CT molecular complexity index is 1080. The Labute approximate surface area is 370 Å². The molecule has 0 aromatic heterocycles. The van der Waals surface area contributed by atoms with Gasteiger partial charge >= 0.3 is 18.0 Å². The molecule has 1 aliphatic rings. The number of nitrogens with zero attached hydrogens (tertiary/aromatic N) is 1. The van der Waals surface area contributed by atoms with Crippen LogP contribution in [0.2, 0.25) is 0 Å². The molecule has 356 valence electrons. The fourth-order valence-corrected chi connectivity index (χ4v) is 6.98. The number of allylic oxidation sites excluding steroid dienone is 4. The second-order valence-electron chi connectivity index (χ2n) is 16.8. The van der Waals surface area contributed by atoms with E-state index in [1.165, 1.54) is 77.0 Å². The van der Waals surface area contributed by atoms with Crippen molar-refractivity contribution in [3.8, 4) is 0 Å². The smallest absolute Gasteiger partial charge is 0.407 e. The molecule has 0 aromatic rings. The van der Waals surface area contributed by atoms with Crippen molar-refractivity contribution >= 4 is 18.0 Å². The number of esters is 2. The Balaban J connectivity index is 2.55. The standard InChI is InChI=1S/C49H88F2N2O8/c1-4-7-10-13-16-17-18-19-20-21-22-23-24-25-28-31-46(54)59-40-43(42-61-49(56)52-44-38-53(39-44)45(36-50)37-51)41-60-47(55)32-33-48(57-34-29-26-14-11-8-5-2)58-35-30-27-15-12-9-6-3/h16-17,19-20,43-45,48H,4-15,18,21-42H2,1-3H3,(H,52,56)/b17-16-,20-19-. The van der Waals surface area contributed by atoms with Crippen molar-refractivity contribution in [2.75, 3.05) is 59.5 Å². The van der Waals surface area contributed by atoms with Crippen LogP contribution in [-0.2, 0) is 33.3 Å². The molecule has 10 nitrogen and oxygen atoms in total. The molecule has 1 N–H and O–H groups in total. The van der Waals surface area contributed by atoms with Crippen LogP contribution < -0.4 is 5.32 Å². The van der Waals surface area contributed by atoms with Gasteiger partial charge in [-0.15, -0.1) is 0 Å². The summed E-state index contributed by atoms with van der Waals surface area (Å²) in [4.78, 5) is 39.8. The topological polar surface area (TPSA) is 113 Å². The number of likely N-dealkylation sites (tertiary alicyclic amines) is 1. The Kier molecular flexibility index (Phi) is 38.3. The summed E-state index contributed by atoms with van der Waals surface area (Å²) >= 11 is 0. The molecule has 0 spiro atoms. The number of alkyl halides is 2. The molecule has 1 unspecified atom stereocenters. The maximum atomic E-state index is 13.0. The Morgan fingerprint density at radius 3 is 1.61 bits per heavy atom. The number of nitrogens with one attached hydrogen (secondary N) is 1. The van der Waals surface area contributed by atoms with E-state index in [1.54, 1.807) is 4.90 Å². The minimum Gasteiger partial charge on any atom is -0.465 e. The van der Waals surface area contributed by atoms with Crippen LogP contribution in [0.5, 0.6) is 0 Å². The van der Waals surface area contributed by atoms with Crippen molar-refractivity contribution in [3.05, 3.63) is 24.3 Å². The summed E-state index contributed by atoms with van der Waals surface area (Å²) in [5.41, 5.74) is 0. The first kappa shape index (κ1) is 56.4. The van der Waals surface area contributed by atoms with Gasteiger partial charge in [0.25, 0.3) is 0 Å². The SMILES string of the molecule is CCCCC/C=C\C/C=C\CCCCCCCC(=O)OCC(COC(=O)CCC(OCCCCCCCC)OCCCCCCCC)COC(=O)NC1CN(C(CF)CF)C1. The van der Waals surface area contributed by atoms with Gasteiger partial charge in [0.2, 0.25) is 0 Å². The average Bonchev–Trinajstić information content (AvgIpc) is 3.24. The van der Waals surface area contributed by atoms with Gasteiger partial charge in [-0.3, -0.25) is 14.5 Å². The third-order valence-corrected chi connectivity index (χ3v) is 11.0. The normalized spacial score (nSPS) is 14.0. The minimum absolute atomic E-state index is 0.0725.